The Hall–Kier alpha value is -3.02. The SMILES string of the molecule is CC(Nc1ccc2c(c1)NC(=O)C(C)O2)C(=O)Nc1ccccc1. The monoisotopic (exact) mass is 325 g/mol. The maximum Gasteiger partial charge on any atom is 0.265 e. The van der Waals surface area contributed by atoms with Crippen molar-refractivity contribution in [2.45, 2.75) is 26.0 Å². The van der Waals surface area contributed by atoms with Crippen LogP contribution in [0.25, 0.3) is 0 Å². The first-order valence-corrected chi connectivity index (χ1v) is 7.77. The van der Waals surface area contributed by atoms with Crippen molar-refractivity contribution in [3.63, 3.8) is 0 Å². The topological polar surface area (TPSA) is 79.5 Å². The highest BCUT2D eigenvalue weighted by atomic mass is 16.5. The lowest BCUT2D eigenvalue weighted by Crippen LogP contribution is -2.34. The van der Waals surface area contributed by atoms with Crippen LogP contribution in [-0.2, 0) is 9.59 Å². The molecule has 6 heteroatoms. The molecule has 2 aromatic carbocycles. The number of nitrogens with one attached hydrogen (secondary N) is 3. The molecule has 3 N–H and O–H groups in total. The summed E-state index contributed by atoms with van der Waals surface area (Å²) in [5.41, 5.74) is 2.07. The Morgan fingerprint density at radius 1 is 1.17 bits per heavy atom. The molecule has 2 unspecified atom stereocenters. The van der Waals surface area contributed by atoms with Crippen LogP contribution < -0.4 is 20.7 Å². The van der Waals surface area contributed by atoms with E-state index >= 15 is 0 Å². The van der Waals surface area contributed by atoms with Crippen LogP contribution in [0.4, 0.5) is 17.1 Å². The predicted molar refractivity (Wildman–Crippen MR) is 93.3 cm³/mol. The number of anilines is 3. The van der Waals surface area contributed by atoms with Gasteiger partial charge in [-0.3, -0.25) is 9.59 Å². The van der Waals surface area contributed by atoms with E-state index < -0.39 is 12.1 Å². The molecule has 124 valence electrons. The Kier molecular flexibility index (Phi) is 4.37. The standard InChI is InChI=1S/C18H19N3O3/c1-11(17(22)20-13-6-4-3-5-7-13)19-14-8-9-16-15(10-14)21-18(23)12(2)24-16/h3-12,19H,1-2H3,(H,20,22)(H,21,23). The number of carbonyl (C=O) groups is 2. The fourth-order valence-corrected chi connectivity index (χ4v) is 2.39. The molecule has 3 rings (SSSR count). The van der Waals surface area contributed by atoms with Crippen molar-refractivity contribution in [3.8, 4) is 5.75 Å². The fraction of sp³-hybridized carbons (Fsp3) is 0.222. The molecule has 2 aromatic rings. The zero-order valence-electron chi connectivity index (χ0n) is 13.5. The Morgan fingerprint density at radius 3 is 2.67 bits per heavy atom. The van der Waals surface area contributed by atoms with Gasteiger partial charge >= 0.3 is 0 Å². The van der Waals surface area contributed by atoms with Crippen LogP contribution in [0.3, 0.4) is 0 Å². The highest BCUT2D eigenvalue weighted by molar-refractivity contribution is 5.99. The second-order valence-corrected chi connectivity index (χ2v) is 5.68. The Bertz CT molecular complexity index is 761. The molecule has 0 fully saturated rings. The molecule has 0 aliphatic carbocycles. The second kappa shape index (κ2) is 6.62. The van der Waals surface area contributed by atoms with Gasteiger partial charge in [0.15, 0.2) is 6.10 Å². The molecule has 6 nitrogen and oxygen atoms in total. The van der Waals surface area contributed by atoms with Gasteiger partial charge in [0.1, 0.15) is 11.8 Å². The predicted octanol–water partition coefficient (Wildman–Crippen LogP) is 2.85. The van der Waals surface area contributed by atoms with Gasteiger partial charge in [0, 0.05) is 11.4 Å². The maximum atomic E-state index is 12.2. The number of para-hydroxylation sites is 1. The van der Waals surface area contributed by atoms with E-state index in [0.717, 1.165) is 11.4 Å². The number of carbonyl (C=O) groups excluding carboxylic acids is 2. The van der Waals surface area contributed by atoms with E-state index in [4.69, 9.17) is 4.74 Å². The summed E-state index contributed by atoms with van der Waals surface area (Å²) in [4.78, 5) is 23.9. The largest absolute Gasteiger partial charge is 0.479 e. The van der Waals surface area contributed by atoms with E-state index in [2.05, 4.69) is 16.0 Å². The van der Waals surface area contributed by atoms with Crippen molar-refractivity contribution in [2.75, 3.05) is 16.0 Å². The van der Waals surface area contributed by atoms with Crippen LogP contribution in [0.5, 0.6) is 5.75 Å². The smallest absolute Gasteiger partial charge is 0.265 e. The third-order valence-electron chi connectivity index (χ3n) is 3.73. The number of fused-ring (bicyclic) bond motifs is 1. The van der Waals surface area contributed by atoms with Gasteiger partial charge in [0.2, 0.25) is 5.91 Å². The van der Waals surface area contributed by atoms with Gasteiger partial charge < -0.3 is 20.7 Å². The van der Waals surface area contributed by atoms with Crippen molar-refractivity contribution in [1.29, 1.82) is 0 Å². The van der Waals surface area contributed by atoms with Crippen LogP contribution in [0, 0.1) is 0 Å². The molecule has 0 spiro atoms. The summed E-state index contributed by atoms with van der Waals surface area (Å²) in [6.45, 7) is 3.47. The third-order valence-corrected chi connectivity index (χ3v) is 3.73. The summed E-state index contributed by atoms with van der Waals surface area (Å²) in [5.74, 6) is 0.288. The molecule has 1 aliphatic heterocycles. The van der Waals surface area contributed by atoms with Crippen molar-refractivity contribution < 1.29 is 14.3 Å². The van der Waals surface area contributed by atoms with Crippen molar-refractivity contribution in [1.82, 2.24) is 0 Å². The maximum absolute atomic E-state index is 12.2. The van der Waals surface area contributed by atoms with Crippen molar-refractivity contribution in [2.24, 2.45) is 0 Å². The number of hydrogen-bond acceptors (Lipinski definition) is 4. The van der Waals surface area contributed by atoms with Gasteiger partial charge in [-0.2, -0.15) is 0 Å². The zero-order valence-corrected chi connectivity index (χ0v) is 13.5. The lowest BCUT2D eigenvalue weighted by Gasteiger charge is -2.24. The van der Waals surface area contributed by atoms with E-state index in [1.54, 1.807) is 26.0 Å². The van der Waals surface area contributed by atoms with Gasteiger partial charge in [-0.1, -0.05) is 18.2 Å². The first-order chi connectivity index (χ1) is 11.5. The molecule has 0 saturated heterocycles. The molecular formula is C18H19N3O3. The summed E-state index contributed by atoms with van der Waals surface area (Å²) in [7, 11) is 0. The molecule has 0 bridgehead atoms. The van der Waals surface area contributed by atoms with Crippen LogP contribution >= 0.6 is 0 Å². The number of ether oxygens (including phenoxy) is 1. The third kappa shape index (κ3) is 3.48. The molecule has 1 aliphatic rings. The zero-order chi connectivity index (χ0) is 17.1. The van der Waals surface area contributed by atoms with Gasteiger partial charge in [-0.25, -0.2) is 0 Å². The molecule has 0 aromatic heterocycles. The van der Waals surface area contributed by atoms with Gasteiger partial charge in [-0.15, -0.1) is 0 Å². The van der Waals surface area contributed by atoms with Crippen molar-refractivity contribution >= 4 is 28.9 Å². The van der Waals surface area contributed by atoms with Gasteiger partial charge in [0.05, 0.1) is 5.69 Å². The van der Waals surface area contributed by atoms with Crippen LogP contribution in [0.1, 0.15) is 13.8 Å². The van der Waals surface area contributed by atoms with Gasteiger partial charge in [0.25, 0.3) is 5.91 Å². The van der Waals surface area contributed by atoms with E-state index in [-0.39, 0.29) is 11.8 Å². The Labute approximate surface area is 140 Å². The highest BCUT2D eigenvalue weighted by Gasteiger charge is 2.24. The summed E-state index contributed by atoms with van der Waals surface area (Å²) in [6.07, 6.45) is -0.508. The number of rotatable bonds is 4. The summed E-state index contributed by atoms with van der Waals surface area (Å²) < 4.78 is 5.51. The minimum Gasteiger partial charge on any atom is -0.479 e. The minimum atomic E-state index is -0.508. The molecule has 24 heavy (non-hydrogen) atoms. The molecular weight excluding hydrogens is 306 g/mol. The number of hydrogen-bond donors (Lipinski definition) is 3. The first-order valence-electron chi connectivity index (χ1n) is 7.77. The van der Waals surface area contributed by atoms with E-state index in [9.17, 15) is 9.59 Å². The van der Waals surface area contributed by atoms with Crippen molar-refractivity contribution in [3.05, 3.63) is 48.5 Å². The quantitative estimate of drug-likeness (QED) is 0.807. The Morgan fingerprint density at radius 2 is 1.92 bits per heavy atom. The number of benzene rings is 2. The van der Waals surface area contributed by atoms with E-state index in [1.165, 1.54) is 0 Å². The number of amides is 2. The molecule has 1 heterocycles. The normalized spacial score (nSPS) is 17.1. The average molecular weight is 325 g/mol. The summed E-state index contributed by atoms with van der Waals surface area (Å²) >= 11 is 0. The first kappa shape index (κ1) is 15.9. The summed E-state index contributed by atoms with van der Waals surface area (Å²) in [5, 5.41) is 8.75. The van der Waals surface area contributed by atoms with E-state index in [0.29, 0.717) is 11.4 Å². The lowest BCUT2D eigenvalue weighted by atomic mass is 10.2. The van der Waals surface area contributed by atoms with Crippen LogP contribution in [0.15, 0.2) is 48.5 Å². The highest BCUT2D eigenvalue weighted by Crippen LogP contribution is 2.32. The Balaban J connectivity index is 1.66. The molecule has 0 radical (unpaired) electrons. The molecule has 0 saturated carbocycles. The fourth-order valence-electron chi connectivity index (χ4n) is 2.39. The lowest BCUT2D eigenvalue weighted by molar-refractivity contribution is -0.122. The molecule has 2 atom stereocenters. The average Bonchev–Trinajstić information content (AvgIpc) is 2.57. The van der Waals surface area contributed by atoms with E-state index in [1.807, 2.05) is 36.4 Å². The minimum absolute atomic E-state index is 0.146. The second-order valence-electron chi connectivity index (χ2n) is 5.68. The molecule has 2 amide bonds. The summed E-state index contributed by atoms with van der Waals surface area (Å²) in [6, 6.07) is 14.2. The van der Waals surface area contributed by atoms with Gasteiger partial charge in [-0.05, 0) is 44.2 Å². The van der Waals surface area contributed by atoms with Crippen LogP contribution in [-0.4, -0.2) is 24.0 Å². The van der Waals surface area contributed by atoms with Crippen LogP contribution in [0.2, 0.25) is 0 Å².